The summed E-state index contributed by atoms with van der Waals surface area (Å²) in [7, 11) is 0. The minimum atomic E-state index is -0.597. The van der Waals surface area contributed by atoms with Crippen LogP contribution in [0.3, 0.4) is 0 Å². The van der Waals surface area contributed by atoms with E-state index in [-0.39, 0.29) is 12.2 Å². The lowest BCUT2D eigenvalue weighted by molar-refractivity contribution is 0.0460. The molecule has 0 bridgehead atoms. The number of hydrogen-bond acceptors (Lipinski definition) is 4. The molecule has 0 aliphatic heterocycles. The van der Waals surface area contributed by atoms with Crippen molar-refractivity contribution in [1.29, 1.82) is 5.26 Å². The predicted octanol–water partition coefficient (Wildman–Crippen LogP) is 2.46. The Morgan fingerprint density at radius 1 is 1.48 bits per heavy atom. The van der Waals surface area contributed by atoms with E-state index in [0.717, 1.165) is 0 Å². The Hall–Kier alpha value is -2.81. The Morgan fingerprint density at radius 2 is 2.24 bits per heavy atom. The van der Waals surface area contributed by atoms with E-state index >= 15 is 0 Å². The summed E-state index contributed by atoms with van der Waals surface area (Å²) in [5.74, 6) is -1.11. The van der Waals surface area contributed by atoms with Crippen molar-refractivity contribution in [2.75, 3.05) is 5.73 Å². The third-order valence-electron chi connectivity index (χ3n) is 2.99. The second-order valence-electron chi connectivity index (χ2n) is 4.45. The summed E-state index contributed by atoms with van der Waals surface area (Å²) in [4.78, 5) is 12.0. The number of ether oxygens (including phenoxy) is 1. The lowest BCUT2D eigenvalue weighted by Crippen LogP contribution is -2.11. The zero-order chi connectivity index (χ0) is 15.4. The van der Waals surface area contributed by atoms with Crippen LogP contribution in [0.25, 0.3) is 0 Å². The Labute approximate surface area is 121 Å². The summed E-state index contributed by atoms with van der Waals surface area (Å²) in [5, 5.41) is 8.75. The normalized spacial score (nSPS) is 10.1. The van der Waals surface area contributed by atoms with Crippen molar-refractivity contribution in [3.63, 3.8) is 0 Å². The number of esters is 1. The maximum absolute atomic E-state index is 13.2. The number of aromatic nitrogens is 1. The van der Waals surface area contributed by atoms with Crippen molar-refractivity contribution in [3.8, 4) is 6.07 Å². The van der Waals surface area contributed by atoms with Crippen LogP contribution in [-0.2, 0) is 17.9 Å². The molecule has 6 heteroatoms. The van der Waals surface area contributed by atoms with Crippen LogP contribution in [-0.4, -0.2) is 10.5 Å². The van der Waals surface area contributed by atoms with Crippen molar-refractivity contribution >= 4 is 11.7 Å². The molecule has 0 unspecified atom stereocenters. The van der Waals surface area contributed by atoms with Crippen LogP contribution in [0, 0.1) is 17.1 Å². The molecule has 2 N–H and O–H groups in total. The highest BCUT2D eigenvalue weighted by Crippen LogP contribution is 2.14. The molecule has 1 aromatic carbocycles. The first-order chi connectivity index (χ1) is 10.0. The van der Waals surface area contributed by atoms with Gasteiger partial charge in [0.1, 0.15) is 24.2 Å². The van der Waals surface area contributed by atoms with E-state index in [4.69, 9.17) is 15.7 Å². The molecule has 0 saturated carbocycles. The fourth-order valence-electron chi connectivity index (χ4n) is 1.94. The van der Waals surface area contributed by atoms with Crippen LogP contribution in [0.5, 0.6) is 0 Å². The Kier molecular flexibility index (Phi) is 4.24. The molecule has 0 fully saturated rings. The molecular weight excluding hydrogens is 273 g/mol. The summed E-state index contributed by atoms with van der Waals surface area (Å²) < 4.78 is 20.0. The van der Waals surface area contributed by atoms with Crippen molar-refractivity contribution in [3.05, 3.63) is 53.1 Å². The van der Waals surface area contributed by atoms with Gasteiger partial charge in [-0.2, -0.15) is 5.26 Å². The second-order valence-corrected chi connectivity index (χ2v) is 4.45. The lowest BCUT2D eigenvalue weighted by atomic mass is 10.1. The molecule has 0 atom stereocenters. The van der Waals surface area contributed by atoms with Crippen LogP contribution in [0.15, 0.2) is 30.5 Å². The minimum Gasteiger partial charge on any atom is -0.456 e. The SMILES string of the molecule is CCn1cc(N)cc1C(=O)OCc1ccc(F)c(C#N)c1. The molecule has 1 aromatic heterocycles. The van der Waals surface area contributed by atoms with Crippen molar-refractivity contribution in [2.24, 2.45) is 0 Å². The van der Waals surface area contributed by atoms with Gasteiger partial charge in [0.2, 0.25) is 0 Å². The van der Waals surface area contributed by atoms with Gasteiger partial charge in [-0.25, -0.2) is 9.18 Å². The summed E-state index contributed by atoms with van der Waals surface area (Å²) in [6, 6.07) is 7.28. The second kappa shape index (κ2) is 6.09. The number of anilines is 1. The molecule has 108 valence electrons. The molecule has 0 amide bonds. The molecular formula is C15H14FN3O2. The monoisotopic (exact) mass is 287 g/mol. The minimum absolute atomic E-state index is 0.0391. The van der Waals surface area contributed by atoms with Gasteiger partial charge < -0.3 is 15.0 Å². The van der Waals surface area contributed by atoms with Crippen LogP contribution < -0.4 is 5.73 Å². The molecule has 2 rings (SSSR count). The van der Waals surface area contributed by atoms with E-state index in [9.17, 15) is 9.18 Å². The van der Waals surface area contributed by atoms with Gasteiger partial charge in [0, 0.05) is 12.7 Å². The van der Waals surface area contributed by atoms with E-state index in [1.54, 1.807) is 16.8 Å². The van der Waals surface area contributed by atoms with E-state index in [2.05, 4.69) is 0 Å². The first kappa shape index (κ1) is 14.6. The van der Waals surface area contributed by atoms with Gasteiger partial charge >= 0.3 is 5.97 Å². The smallest absolute Gasteiger partial charge is 0.355 e. The molecule has 0 radical (unpaired) electrons. The number of carbonyl (C=O) groups excluding carboxylic acids is 1. The predicted molar refractivity (Wildman–Crippen MR) is 74.8 cm³/mol. The number of nitrogens with zero attached hydrogens (tertiary/aromatic N) is 2. The molecule has 0 saturated heterocycles. The summed E-state index contributed by atoms with van der Waals surface area (Å²) >= 11 is 0. The molecule has 0 aliphatic carbocycles. The maximum atomic E-state index is 13.2. The number of nitrogen functional groups attached to an aromatic ring is 1. The highest BCUT2D eigenvalue weighted by molar-refractivity contribution is 5.89. The third kappa shape index (κ3) is 3.20. The Balaban J connectivity index is 2.09. The van der Waals surface area contributed by atoms with Crippen LogP contribution in [0.1, 0.15) is 28.5 Å². The van der Waals surface area contributed by atoms with Gasteiger partial charge in [0.05, 0.1) is 11.3 Å². The number of aryl methyl sites for hydroxylation is 1. The number of carbonyl (C=O) groups is 1. The van der Waals surface area contributed by atoms with Crippen LogP contribution in [0.2, 0.25) is 0 Å². The zero-order valence-corrected chi connectivity index (χ0v) is 11.5. The number of nitriles is 1. The number of hydrogen-bond donors (Lipinski definition) is 1. The van der Waals surface area contributed by atoms with Gasteiger partial charge in [0.15, 0.2) is 0 Å². The summed E-state index contributed by atoms with van der Waals surface area (Å²) in [6.45, 7) is 2.44. The number of rotatable bonds is 4. The molecule has 0 aliphatic rings. The number of nitrogens with two attached hydrogens (primary N) is 1. The van der Waals surface area contributed by atoms with Crippen LogP contribution in [0.4, 0.5) is 10.1 Å². The van der Waals surface area contributed by atoms with Gasteiger partial charge in [-0.05, 0) is 30.7 Å². The quantitative estimate of drug-likeness (QED) is 0.876. The fraction of sp³-hybridized carbons (Fsp3) is 0.200. The zero-order valence-electron chi connectivity index (χ0n) is 11.5. The molecule has 5 nitrogen and oxygen atoms in total. The average Bonchev–Trinajstić information content (AvgIpc) is 2.87. The Bertz CT molecular complexity index is 716. The van der Waals surface area contributed by atoms with E-state index in [0.29, 0.717) is 23.5 Å². The van der Waals surface area contributed by atoms with Crippen molar-refractivity contribution in [1.82, 2.24) is 4.57 Å². The van der Waals surface area contributed by atoms with E-state index in [1.807, 2.05) is 6.92 Å². The van der Waals surface area contributed by atoms with E-state index < -0.39 is 11.8 Å². The molecule has 0 spiro atoms. The van der Waals surface area contributed by atoms with E-state index in [1.165, 1.54) is 24.3 Å². The summed E-state index contributed by atoms with van der Waals surface area (Å²) in [6.07, 6.45) is 1.66. The first-order valence-electron chi connectivity index (χ1n) is 6.36. The third-order valence-corrected chi connectivity index (χ3v) is 2.99. The standard InChI is InChI=1S/C15H14FN3O2/c1-2-19-8-12(18)6-14(19)15(20)21-9-10-3-4-13(16)11(5-10)7-17/h3-6,8H,2,9,18H2,1H3. The fourth-order valence-corrected chi connectivity index (χ4v) is 1.94. The van der Waals surface area contributed by atoms with Gasteiger partial charge in [0.25, 0.3) is 0 Å². The summed E-state index contributed by atoms with van der Waals surface area (Å²) in [5.41, 5.74) is 6.96. The maximum Gasteiger partial charge on any atom is 0.355 e. The largest absolute Gasteiger partial charge is 0.456 e. The van der Waals surface area contributed by atoms with Gasteiger partial charge in [-0.3, -0.25) is 0 Å². The topological polar surface area (TPSA) is 81.0 Å². The number of benzene rings is 1. The molecule has 2 aromatic rings. The molecule has 1 heterocycles. The van der Waals surface area contributed by atoms with Gasteiger partial charge in [-0.1, -0.05) is 6.07 Å². The number of halogens is 1. The van der Waals surface area contributed by atoms with Crippen molar-refractivity contribution < 1.29 is 13.9 Å². The lowest BCUT2D eigenvalue weighted by Gasteiger charge is -2.07. The van der Waals surface area contributed by atoms with Crippen LogP contribution >= 0.6 is 0 Å². The highest BCUT2D eigenvalue weighted by Gasteiger charge is 2.14. The first-order valence-corrected chi connectivity index (χ1v) is 6.36. The average molecular weight is 287 g/mol. The van der Waals surface area contributed by atoms with Crippen molar-refractivity contribution in [2.45, 2.75) is 20.1 Å². The highest BCUT2D eigenvalue weighted by atomic mass is 19.1. The van der Waals surface area contributed by atoms with Gasteiger partial charge in [-0.15, -0.1) is 0 Å². The molecule has 21 heavy (non-hydrogen) atoms. The Morgan fingerprint density at radius 3 is 2.90 bits per heavy atom.